The van der Waals surface area contributed by atoms with Crippen molar-refractivity contribution < 1.29 is 9.18 Å². The predicted octanol–water partition coefficient (Wildman–Crippen LogP) is 2.77. The Morgan fingerprint density at radius 1 is 1.25 bits per heavy atom. The summed E-state index contributed by atoms with van der Waals surface area (Å²) in [5, 5.41) is 0. The minimum Gasteiger partial charge on any atom is -0.359 e. The minimum atomic E-state index is -0.245. The van der Waals surface area contributed by atoms with Crippen LogP contribution in [0.5, 0.6) is 0 Å². The van der Waals surface area contributed by atoms with Crippen LogP contribution in [-0.4, -0.2) is 17.9 Å². The second-order valence-electron chi connectivity index (χ2n) is 4.91. The molecule has 1 heterocycles. The molecule has 1 aromatic rings. The van der Waals surface area contributed by atoms with Crippen molar-refractivity contribution in [3.8, 4) is 0 Å². The van der Waals surface area contributed by atoms with E-state index < -0.39 is 0 Å². The lowest BCUT2D eigenvalue weighted by atomic mass is 9.89. The molecule has 2 nitrogen and oxygen atoms in total. The predicted molar refractivity (Wildman–Crippen MR) is 62.1 cm³/mol. The number of carbonyl (C=O) groups excluding carboxylic acids is 1. The summed E-state index contributed by atoms with van der Waals surface area (Å²) in [6, 6.07) is 6.33. The van der Waals surface area contributed by atoms with E-state index in [4.69, 9.17) is 0 Å². The van der Waals surface area contributed by atoms with Crippen LogP contribution in [0.15, 0.2) is 24.3 Å². The average molecular weight is 221 g/mol. The maximum atomic E-state index is 12.8. The largest absolute Gasteiger partial charge is 0.359 e. The van der Waals surface area contributed by atoms with Gasteiger partial charge in [0, 0.05) is 17.6 Å². The lowest BCUT2D eigenvalue weighted by molar-refractivity contribution is -0.119. The van der Waals surface area contributed by atoms with E-state index in [1.54, 1.807) is 12.1 Å². The Morgan fingerprint density at radius 3 is 2.50 bits per heavy atom. The molecule has 0 aliphatic carbocycles. The molecule has 16 heavy (non-hydrogen) atoms. The molecule has 0 N–H and O–H groups in total. The number of Topliss-reactive ketones (excluding diaryl/α,β-unsaturated/α-hetero) is 1. The van der Waals surface area contributed by atoms with E-state index in [2.05, 4.69) is 18.7 Å². The van der Waals surface area contributed by atoms with Gasteiger partial charge in [0.25, 0.3) is 0 Å². The minimum absolute atomic E-state index is 0.0360. The van der Waals surface area contributed by atoms with Gasteiger partial charge in [-0.1, -0.05) is 0 Å². The van der Waals surface area contributed by atoms with Gasteiger partial charge in [0.05, 0.1) is 6.54 Å². The molecular formula is C13H16FNO. The highest BCUT2D eigenvalue weighted by Crippen LogP contribution is 2.31. The monoisotopic (exact) mass is 221 g/mol. The molecular weight excluding hydrogens is 205 g/mol. The molecule has 0 saturated carbocycles. The number of anilines is 1. The third-order valence-corrected chi connectivity index (χ3v) is 3.22. The van der Waals surface area contributed by atoms with Crippen LogP contribution in [0.25, 0.3) is 0 Å². The molecule has 3 heteroatoms. The number of nitrogens with zero attached hydrogens (tertiary/aromatic N) is 1. The summed E-state index contributed by atoms with van der Waals surface area (Å²) in [4.78, 5) is 13.5. The topological polar surface area (TPSA) is 20.3 Å². The van der Waals surface area contributed by atoms with Crippen molar-refractivity contribution in [2.45, 2.75) is 32.2 Å². The first kappa shape index (κ1) is 11.1. The molecule has 0 unspecified atom stereocenters. The fourth-order valence-corrected chi connectivity index (χ4v) is 2.11. The van der Waals surface area contributed by atoms with Gasteiger partial charge in [-0.05, 0) is 44.5 Å². The normalized spacial score (nSPS) is 19.9. The van der Waals surface area contributed by atoms with Crippen molar-refractivity contribution in [3.05, 3.63) is 30.1 Å². The molecule has 1 aliphatic rings. The quantitative estimate of drug-likeness (QED) is 0.726. The average Bonchev–Trinajstić information content (AvgIpc) is 2.23. The molecule has 0 radical (unpaired) electrons. The maximum Gasteiger partial charge on any atom is 0.152 e. The van der Waals surface area contributed by atoms with E-state index in [0.29, 0.717) is 13.0 Å². The van der Waals surface area contributed by atoms with E-state index >= 15 is 0 Å². The molecule has 2 rings (SSSR count). The molecule has 0 aromatic heterocycles. The van der Waals surface area contributed by atoms with Crippen LogP contribution in [-0.2, 0) is 4.79 Å². The van der Waals surface area contributed by atoms with Crippen molar-refractivity contribution in [2.75, 3.05) is 11.4 Å². The Balaban J connectivity index is 2.30. The van der Waals surface area contributed by atoms with Crippen molar-refractivity contribution in [3.63, 3.8) is 0 Å². The van der Waals surface area contributed by atoms with Gasteiger partial charge in [-0.2, -0.15) is 0 Å². The summed E-state index contributed by atoms with van der Waals surface area (Å²) >= 11 is 0. The molecule has 86 valence electrons. The second kappa shape index (κ2) is 3.89. The van der Waals surface area contributed by atoms with Gasteiger partial charge in [0.15, 0.2) is 5.78 Å². The summed E-state index contributed by atoms with van der Waals surface area (Å²) in [5.74, 6) is 0.00791. The van der Waals surface area contributed by atoms with Crippen molar-refractivity contribution in [1.29, 1.82) is 0 Å². The van der Waals surface area contributed by atoms with Gasteiger partial charge in [-0.3, -0.25) is 4.79 Å². The number of piperidine rings is 1. The number of hydrogen-bond acceptors (Lipinski definition) is 2. The Morgan fingerprint density at radius 2 is 1.88 bits per heavy atom. The summed E-state index contributed by atoms with van der Waals surface area (Å²) in [7, 11) is 0. The zero-order valence-corrected chi connectivity index (χ0v) is 9.66. The standard InChI is InChI=1S/C13H16FNO/c1-13(2)8-7-12(16)9-15(13)11-5-3-10(14)4-6-11/h3-6H,7-9H2,1-2H3. The smallest absolute Gasteiger partial charge is 0.152 e. The van der Waals surface area contributed by atoms with Crippen LogP contribution in [0.4, 0.5) is 10.1 Å². The number of halogens is 1. The molecule has 0 spiro atoms. The zero-order valence-electron chi connectivity index (χ0n) is 9.66. The number of hydrogen-bond donors (Lipinski definition) is 0. The third-order valence-electron chi connectivity index (χ3n) is 3.22. The highest BCUT2D eigenvalue weighted by Gasteiger charge is 2.33. The highest BCUT2D eigenvalue weighted by atomic mass is 19.1. The van der Waals surface area contributed by atoms with Gasteiger partial charge < -0.3 is 4.90 Å². The van der Waals surface area contributed by atoms with Gasteiger partial charge in [0.1, 0.15) is 5.82 Å². The lowest BCUT2D eigenvalue weighted by Gasteiger charge is -2.43. The second-order valence-corrected chi connectivity index (χ2v) is 4.91. The van der Waals surface area contributed by atoms with Gasteiger partial charge in [-0.15, -0.1) is 0 Å². The van der Waals surface area contributed by atoms with Crippen molar-refractivity contribution >= 4 is 11.5 Å². The van der Waals surface area contributed by atoms with Gasteiger partial charge in [-0.25, -0.2) is 4.39 Å². The number of carbonyl (C=O) groups is 1. The molecule has 1 saturated heterocycles. The molecule has 0 bridgehead atoms. The fourth-order valence-electron chi connectivity index (χ4n) is 2.11. The Labute approximate surface area is 95.1 Å². The van der Waals surface area contributed by atoms with Gasteiger partial charge in [0.2, 0.25) is 0 Å². The van der Waals surface area contributed by atoms with Crippen LogP contribution in [0.3, 0.4) is 0 Å². The fraction of sp³-hybridized carbons (Fsp3) is 0.462. The SMILES string of the molecule is CC1(C)CCC(=O)CN1c1ccc(F)cc1. The first-order valence-corrected chi connectivity index (χ1v) is 5.54. The van der Waals surface area contributed by atoms with E-state index in [1.165, 1.54) is 12.1 Å². The van der Waals surface area contributed by atoms with E-state index in [0.717, 1.165) is 12.1 Å². The Kier molecular flexibility index (Phi) is 2.70. The molecule has 1 aromatic carbocycles. The van der Waals surface area contributed by atoms with Crippen LogP contribution in [0.2, 0.25) is 0 Å². The molecule has 0 amide bonds. The number of benzene rings is 1. The first-order chi connectivity index (χ1) is 7.49. The molecule has 1 fully saturated rings. The molecule has 0 atom stereocenters. The van der Waals surface area contributed by atoms with Crippen LogP contribution < -0.4 is 4.90 Å². The molecule has 1 aliphatic heterocycles. The summed E-state index contributed by atoms with van der Waals surface area (Å²) in [5.41, 5.74) is 0.880. The van der Waals surface area contributed by atoms with Crippen molar-refractivity contribution in [2.24, 2.45) is 0 Å². The van der Waals surface area contributed by atoms with Crippen molar-refractivity contribution in [1.82, 2.24) is 0 Å². The third kappa shape index (κ3) is 2.08. The van der Waals surface area contributed by atoms with Crippen LogP contribution in [0, 0.1) is 5.82 Å². The van der Waals surface area contributed by atoms with E-state index in [1.807, 2.05) is 0 Å². The summed E-state index contributed by atoms with van der Waals surface area (Å²) in [6.07, 6.45) is 1.49. The zero-order chi connectivity index (χ0) is 11.8. The Bertz CT molecular complexity index is 397. The lowest BCUT2D eigenvalue weighted by Crippen LogP contribution is -2.50. The van der Waals surface area contributed by atoms with Crippen LogP contribution >= 0.6 is 0 Å². The number of ketones is 1. The van der Waals surface area contributed by atoms with E-state index in [9.17, 15) is 9.18 Å². The maximum absolute atomic E-state index is 12.8. The number of rotatable bonds is 1. The summed E-state index contributed by atoms with van der Waals surface area (Å²) < 4.78 is 12.8. The highest BCUT2D eigenvalue weighted by molar-refractivity contribution is 5.85. The van der Waals surface area contributed by atoms with E-state index in [-0.39, 0.29) is 17.1 Å². The summed E-state index contributed by atoms with van der Waals surface area (Å²) in [6.45, 7) is 4.66. The first-order valence-electron chi connectivity index (χ1n) is 5.54. The van der Waals surface area contributed by atoms with Gasteiger partial charge >= 0.3 is 0 Å². The van der Waals surface area contributed by atoms with Crippen LogP contribution in [0.1, 0.15) is 26.7 Å². The Hall–Kier alpha value is -1.38.